The van der Waals surface area contributed by atoms with Gasteiger partial charge in [0, 0.05) is 29.2 Å². The van der Waals surface area contributed by atoms with Gasteiger partial charge < -0.3 is 10.5 Å². The Morgan fingerprint density at radius 2 is 1.75 bits per heavy atom. The summed E-state index contributed by atoms with van der Waals surface area (Å²) in [5.74, 6) is -1.70. The second kappa shape index (κ2) is 10.7. The molecular weight excluding hydrogens is 560 g/mol. The molecule has 0 radical (unpaired) electrons. The van der Waals surface area contributed by atoms with Gasteiger partial charge in [0.2, 0.25) is 0 Å². The van der Waals surface area contributed by atoms with Crippen LogP contribution in [-0.4, -0.2) is 36.7 Å². The highest BCUT2D eigenvalue weighted by Crippen LogP contribution is 2.43. The van der Waals surface area contributed by atoms with Gasteiger partial charge in [0.25, 0.3) is 5.56 Å². The van der Waals surface area contributed by atoms with Crippen LogP contribution >= 0.6 is 11.8 Å². The van der Waals surface area contributed by atoms with Gasteiger partial charge in [0.05, 0.1) is 35.2 Å². The summed E-state index contributed by atoms with van der Waals surface area (Å²) in [6.07, 6.45) is 0.952. The van der Waals surface area contributed by atoms with Crippen LogP contribution in [0, 0.1) is 11.6 Å². The van der Waals surface area contributed by atoms with E-state index >= 15 is 8.78 Å². The van der Waals surface area contributed by atoms with Gasteiger partial charge in [0.15, 0.2) is 21.4 Å². The monoisotopic (exact) mass is 585 g/mol. The summed E-state index contributed by atoms with van der Waals surface area (Å²) in [7, 11) is -2.60. The molecule has 5 rings (SSSR count). The Labute approximate surface area is 233 Å². The number of hydrogen-bond acceptors (Lipinski definition) is 7. The van der Waals surface area contributed by atoms with E-state index in [9.17, 15) is 18.0 Å². The van der Waals surface area contributed by atoms with Crippen molar-refractivity contribution >= 4 is 21.6 Å². The molecular formula is C28H25F2N3O5S2. The fraction of sp³-hybridized carbons (Fsp3) is 0.214. The van der Waals surface area contributed by atoms with Crippen LogP contribution in [0.25, 0.3) is 11.1 Å². The van der Waals surface area contributed by atoms with Gasteiger partial charge in [0.1, 0.15) is 5.82 Å². The van der Waals surface area contributed by atoms with Crippen LogP contribution in [0.1, 0.15) is 23.2 Å². The maximum Gasteiger partial charge on any atom is 0.332 e. The molecule has 4 aromatic rings. The van der Waals surface area contributed by atoms with Crippen molar-refractivity contribution in [2.24, 2.45) is 5.73 Å². The number of ether oxygens (including phenoxy) is 1. The minimum atomic E-state index is -3.89. The molecule has 1 aliphatic heterocycles. The lowest BCUT2D eigenvalue weighted by Gasteiger charge is -2.22. The van der Waals surface area contributed by atoms with Gasteiger partial charge in [-0.2, -0.15) is 0 Å². The summed E-state index contributed by atoms with van der Waals surface area (Å²) in [6, 6.07) is 14.9. The van der Waals surface area contributed by atoms with Crippen LogP contribution in [0.5, 0.6) is 5.75 Å². The predicted molar refractivity (Wildman–Crippen MR) is 149 cm³/mol. The molecule has 3 aromatic carbocycles. The summed E-state index contributed by atoms with van der Waals surface area (Å²) < 4.78 is 63.2. The molecule has 0 aliphatic carbocycles. The lowest BCUT2D eigenvalue weighted by molar-refractivity contribution is 0.387. The number of fused-ring (bicyclic) bond motifs is 1. The van der Waals surface area contributed by atoms with Gasteiger partial charge in [-0.1, -0.05) is 48.5 Å². The largest absolute Gasteiger partial charge is 0.494 e. The number of nitrogens with zero attached hydrogens (tertiary/aromatic N) is 2. The van der Waals surface area contributed by atoms with Crippen molar-refractivity contribution in [2.45, 2.75) is 28.5 Å². The molecule has 0 spiro atoms. The van der Waals surface area contributed by atoms with Crippen LogP contribution in [0.15, 0.2) is 86.2 Å². The number of thioether (sulfide) groups is 1. The molecule has 12 heteroatoms. The first-order valence-corrected chi connectivity index (χ1v) is 15.1. The van der Waals surface area contributed by atoms with Gasteiger partial charge in [-0.05, 0) is 23.8 Å². The number of nitrogens with two attached hydrogens (primary N) is 1. The number of aromatic nitrogens is 2. The quantitative estimate of drug-likeness (QED) is 0.329. The minimum Gasteiger partial charge on any atom is -0.494 e. The number of halogens is 2. The van der Waals surface area contributed by atoms with E-state index in [2.05, 4.69) is 0 Å². The molecule has 0 saturated heterocycles. The first-order chi connectivity index (χ1) is 19.0. The Balaban J connectivity index is 1.82. The van der Waals surface area contributed by atoms with E-state index in [0.29, 0.717) is 5.56 Å². The Morgan fingerprint density at radius 3 is 2.42 bits per heavy atom. The van der Waals surface area contributed by atoms with E-state index in [4.69, 9.17) is 10.5 Å². The van der Waals surface area contributed by atoms with Crippen molar-refractivity contribution in [3.63, 3.8) is 0 Å². The number of sulfone groups is 1. The van der Waals surface area contributed by atoms with E-state index < -0.39 is 44.8 Å². The SMILES string of the molecule is COc1cccc(-c2c3n(c(=O)n(CC(N)c4ccccc4)c2=O)C(c2c(F)cccc2S(C)(=O)=O)CS3)c1F. The highest BCUT2D eigenvalue weighted by Gasteiger charge is 2.37. The normalized spacial score (nSPS) is 15.6. The third-order valence-corrected chi connectivity index (χ3v) is 9.14. The molecule has 2 atom stereocenters. The van der Waals surface area contributed by atoms with Gasteiger partial charge in [-0.25, -0.2) is 22.0 Å². The second-order valence-corrected chi connectivity index (χ2v) is 12.3. The molecule has 2 heterocycles. The summed E-state index contributed by atoms with van der Waals surface area (Å²) in [5.41, 5.74) is 5.02. The van der Waals surface area contributed by atoms with Crippen molar-refractivity contribution in [2.75, 3.05) is 19.1 Å². The first kappa shape index (κ1) is 27.8. The zero-order chi connectivity index (χ0) is 28.8. The van der Waals surface area contributed by atoms with E-state index in [1.165, 1.54) is 42.0 Å². The van der Waals surface area contributed by atoms with E-state index in [1.807, 2.05) is 0 Å². The molecule has 1 aliphatic rings. The molecule has 0 fully saturated rings. The highest BCUT2D eigenvalue weighted by atomic mass is 32.2. The molecule has 0 bridgehead atoms. The molecule has 2 N–H and O–H groups in total. The summed E-state index contributed by atoms with van der Waals surface area (Å²) in [5, 5.41) is 0.0967. The lowest BCUT2D eigenvalue weighted by Crippen LogP contribution is -2.44. The average molecular weight is 586 g/mol. The fourth-order valence-corrected chi connectivity index (χ4v) is 7.21. The number of hydrogen-bond donors (Lipinski definition) is 1. The van der Waals surface area contributed by atoms with E-state index in [1.54, 1.807) is 30.3 Å². The third kappa shape index (κ3) is 4.76. The molecule has 2 unspecified atom stereocenters. The summed E-state index contributed by atoms with van der Waals surface area (Å²) in [6.45, 7) is -0.256. The fourth-order valence-electron chi connectivity index (χ4n) is 4.93. The topological polar surface area (TPSA) is 113 Å². The molecule has 40 heavy (non-hydrogen) atoms. The van der Waals surface area contributed by atoms with Crippen LogP contribution in [0.3, 0.4) is 0 Å². The smallest absolute Gasteiger partial charge is 0.332 e. The third-order valence-electron chi connectivity index (χ3n) is 6.82. The number of rotatable bonds is 7. The van der Waals surface area contributed by atoms with Gasteiger partial charge in [-0.15, -0.1) is 11.8 Å². The molecule has 208 valence electrons. The van der Waals surface area contributed by atoms with Crippen LogP contribution in [-0.2, 0) is 16.4 Å². The van der Waals surface area contributed by atoms with Gasteiger partial charge in [-0.3, -0.25) is 13.9 Å². The van der Waals surface area contributed by atoms with Gasteiger partial charge >= 0.3 is 5.69 Å². The zero-order valence-electron chi connectivity index (χ0n) is 21.5. The predicted octanol–water partition coefficient (Wildman–Crippen LogP) is 3.76. The van der Waals surface area contributed by atoms with Crippen molar-refractivity contribution in [3.8, 4) is 16.9 Å². The standard InChI is InChI=1S/C28H25F2N3O5S2/c1-38-21-12-6-10-17(25(21)30)23-26(34)32(14-19(31)16-8-4-3-5-9-16)28(35)33-20(15-39-27(23)33)24-18(29)11-7-13-22(24)40(2,36)37/h3-13,19-20H,14-15,31H2,1-2H3. The van der Waals surface area contributed by atoms with Crippen molar-refractivity contribution in [1.29, 1.82) is 0 Å². The Bertz CT molecular complexity index is 1840. The summed E-state index contributed by atoms with van der Waals surface area (Å²) >= 11 is 1.04. The number of benzene rings is 3. The van der Waals surface area contributed by atoms with Crippen molar-refractivity contribution < 1.29 is 21.9 Å². The molecule has 0 amide bonds. The van der Waals surface area contributed by atoms with Crippen LogP contribution < -0.4 is 21.7 Å². The lowest BCUT2D eigenvalue weighted by atomic mass is 10.0. The maximum absolute atomic E-state index is 15.5. The number of methoxy groups -OCH3 is 1. The Kier molecular flexibility index (Phi) is 7.42. The second-order valence-electron chi connectivity index (χ2n) is 9.34. The zero-order valence-corrected chi connectivity index (χ0v) is 23.1. The van der Waals surface area contributed by atoms with E-state index in [0.717, 1.165) is 28.7 Å². The Morgan fingerprint density at radius 1 is 1.05 bits per heavy atom. The van der Waals surface area contributed by atoms with E-state index in [-0.39, 0.29) is 44.7 Å². The van der Waals surface area contributed by atoms with Crippen LogP contribution in [0.4, 0.5) is 8.78 Å². The summed E-state index contributed by atoms with van der Waals surface area (Å²) in [4.78, 5) is 27.6. The first-order valence-electron chi connectivity index (χ1n) is 12.2. The van der Waals surface area contributed by atoms with Crippen molar-refractivity contribution in [3.05, 3.63) is 110 Å². The molecule has 8 nitrogen and oxygen atoms in total. The molecule has 0 saturated carbocycles. The maximum atomic E-state index is 15.5. The van der Waals surface area contributed by atoms with Crippen LogP contribution in [0.2, 0.25) is 0 Å². The Hall–Kier alpha value is -3.74. The average Bonchev–Trinajstić information content (AvgIpc) is 3.36. The highest BCUT2D eigenvalue weighted by molar-refractivity contribution is 7.99. The minimum absolute atomic E-state index is 0.0332. The molecule has 1 aromatic heterocycles. The van der Waals surface area contributed by atoms with Crippen molar-refractivity contribution in [1.82, 2.24) is 9.13 Å².